The lowest BCUT2D eigenvalue weighted by molar-refractivity contribution is -0.138. The van der Waals surface area contributed by atoms with Crippen molar-refractivity contribution in [1.29, 1.82) is 0 Å². The summed E-state index contributed by atoms with van der Waals surface area (Å²) in [5.74, 6) is 0.506. The molecule has 0 aromatic heterocycles. The topological polar surface area (TPSA) is 171 Å². The monoisotopic (exact) mass is 742 g/mol. The average molecular weight is 743 g/mol. The lowest BCUT2D eigenvalue weighted by Gasteiger charge is -2.52. The summed E-state index contributed by atoms with van der Waals surface area (Å²) in [7, 11) is -5.22. The van der Waals surface area contributed by atoms with Crippen molar-refractivity contribution in [3.8, 4) is 0 Å². The van der Waals surface area contributed by atoms with Gasteiger partial charge in [0.25, 0.3) is 0 Å². The summed E-state index contributed by atoms with van der Waals surface area (Å²) < 4.78 is 3.60. The average Bonchev–Trinajstić information content (AvgIpc) is 2.94. The molecule has 50 heavy (non-hydrogen) atoms. The highest BCUT2D eigenvalue weighted by Crippen LogP contribution is 2.56. The Bertz CT molecular complexity index is 1230. The summed E-state index contributed by atoms with van der Waals surface area (Å²) in [6, 6.07) is 8.81. The van der Waals surface area contributed by atoms with Gasteiger partial charge in [0.1, 0.15) is 5.60 Å². The molecule has 2 aromatic carbocycles. The zero-order valence-corrected chi connectivity index (χ0v) is 35.3. The van der Waals surface area contributed by atoms with Crippen LogP contribution in [0.3, 0.4) is 0 Å². The molecule has 0 bridgehead atoms. The number of hydrogen-bond acceptors (Lipinski definition) is 9. The van der Waals surface area contributed by atoms with Gasteiger partial charge in [-0.2, -0.15) is 0 Å². The Morgan fingerprint density at radius 2 is 0.720 bits per heavy atom. The van der Waals surface area contributed by atoms with E-state index >= 15 is 0 Å². The Morgan fingerprint density at radius 3 is 0.840 bits per heavy atom. The first kappa shape index (κ1) is 47.0. The van der Waals surface area contributed by atoms with Crippen LogP contribution in [-0.2, 0) is 31.6 Å². The van der Waals surface area contributed by atoms with Gasteiger partial charge in [-0.05, 0) is 78.0 Å². The van der Waals surface area contributed by atoms with Crippen LogP contribution in [0.1, 0.15) is 167 Å². The van der Waals surface area contributed by atoms with E-state index in [4.69, 9.17) is 19.6 Å². The molecule has 0 aliphatic heterocycles. The second-order valence-corrected chi connectivity index (χ2v) is 20.0. The number of hydrogen-bond donors (Lipinski definition) is 8. The van der Waals surface area contributed by atoms with Gasteiger partial charge in [-0.3, -0.25) is 0 Å². The lowest BCUT2D eigenvalue weighted by atomic mass is 9.56. The predicted molar refractivity (Wildman–Crippen MR) is 206 cm³/mol. The Hall–Kier alpha value is -1.06. The summed E-state index contributed by atoms with van der Waals surface area (Å²) in [6.07, 6.45) is 0. The minimum Gasteiger partial charge on any atom is -0.395 e. The SMILES string of the molecule is CC(C)c1cc(C(C)(C)C)c(C(O)(c2c(C(C)(C)C)cc(C(C)C)cc2C(C)(C)C)C(CO)(CO)CO)c(C(C)(C)C)c1.OP(O)OP(O)O. The highest BCUT2D eigenvalue weighted by atomic mass is 31.2. The van der Waals surface area contributed by atoms with Gasteiger partial charge in [-0.1, -0.05) is 135 Å². The summed E-state index contributed by atoms with van der Waals surface area (Å²) in [5, 5.41) is 47.7. The highest BCUT2D eigenvalue weighted by Gasteiger charge is 2.58. The zero-order valence-electron chi connectivity index (χ0n) is 33.5. The summed E-state index contributed by atoms with van der Waals surface area (Å²) in [5.41, 5.74) is 2.29. The smallest absolute Gasteiger partial charge is 0.334 e. The van der Waals surface area contributed by atoms with Crippen LogP contribution in [0.15, 0.2) is 24.3 Å². The number of benzene rings is 2. The van der Waals surface area contributed by atoms with E-state index in [9.17, 15) is 20.4 Å². The molecule has 0 aliphatic rings. The Labute approximate surface area is 304 Å². The first-order valence-corrected chi connectivity index (χ1v) is 19.7. The molecule has 2 aromatic rings. The maximum Gasteiger partial charge on any atom is 0.334 e. The largest absolute Gasteiger partial charge is 0.395 e. The van der Waals surface area contributed by atoms with Crippen molar-refractivity contribution >= 4 is 17.2 Å². The van der Waals surface area contributed by atoms with Crippen LogP contribution < -0.4 is 0 Å². The van der Waals surface area contributed by atoms with E-state index in [2.05, 4.69) is 139 Å². The van der Waals surface area contributed by atoms with Crippen LogP contribution in [-0.4, -0.2) is 59.8 Å². The fraction of sp³-hybridized carbons (Fsp3) is 0.692. The molecule has 2 rings (SSSR count). The number of aliphatic hydroxyl groups is 4. The molecule has 8 N–H and O–H groups in total. The van der Waals surface area contributed by atoms with Crippen molar-refractivity contribution in [2.75, 3.05) is 19.8 Å². The van der Waals surface area contributed by atoms with Crippen molar-refractivity contribution in [2.45, 2.75) is 150 Å². The first-order valence-electron chi connectivity index (χ1n) is 17.3. The summed E-state index contributed by atoms with van der Waals surface area (Å²) in [6.45, 7) is 32.7. The Kier molecular flexibility index (Phi) is 15.9. The van der Waals surface area contributed by atoms with Gasteiger partial charge < -0.3 is 40.0 Å². The van der Waals surface area contributed by atoms with Gasteiger partial charge in [-0.15, -0.1) is 0 Å². The van der Waals surface area contributed by atoms with Gasteiger partial charge in [0.2, 0.25) is 0 Å². The van der Waals surface area contributed by atoms with Gasteiger partial charge >= 0.3 is 17.2 Å². The predicted octanol–water partition coefficient (Wildman–Crippen LogP) is 7.75. The molecule has 0 spiro atoms. The van der Waals surface area contributed by atoms with Gasteiger partial charge in [0, 0.05) is 0 Å². The molecule has 0 fully saturated rings. The standard InChI is InChI=1S/C39H64O4.H4O5P2/c1-24(2)26-17-28(34(5,6)7)32(29(18-26)35(8,9)10)39(43,38(21-40,22-41)23-42)33-30(36(11,12)13)19-27(25(3)4)20-31(33)37(14,15)16;1-6(2)5-7(3)4/h17-20,24-25,40-43H,21-23H2,1-16H3;1-4H. The highest BCUT2D eigenvalue weighted by molar-refractivity contribution is 7.53. The fourth-order valence-corrected chi connectivity index (χ4v) is 6.88. The van der Waals surface area contributed by atoms with E-state index in [1.165, 1.54) is 11.1 Å². The second kappa shape index (κ2) is 17.0. The minimum absolute atomic E-state index is 0.253. The minimum atomic E-state index is -2.61. The van der Waals surface area contributed by atoms with Crippen molar-refractivity contribution in [3.05, 3.63) is 68.8 Å². The third kappa shape index (κ3) is 10.5. The van der Waals surface area contributed by atoms with E-state index in [1.807, 2.05) is 0 Å². The Balaban J connectivity index is 0.00000161. The van der Waals surface area contributed by atoms with E-state index in [-0.39, 0.29) is 11.8 Å². The molecule has 0 unspecified atom stereocenters. The molecule has 9 nitrogen and oxygen atoms in total. The van der Waals surface area contributed by atoms with Gasteiger partial charge in [-0.25, -0.2) is 4.31 Å². The molecule has 0 saturated carbocycles. The molecule has 0 saturated heterocycles. The summed E-state index contributed by atoms with van der Waals surface area (Å²) >= 11 is 0. The van der Waals surface area contributed by atoms with Crippen molar-refractivity contribution in [1.82, 2.24) is 0 Å². The van der Waals surface area contributed by atoms with Crippen molar-refractivity contribution in [2.24, 2.45) is 5.41 Å². The first-order chi connectivity index (χ1) is 22.4. The molecule has 0 amide bonds. The molecule has 288 valence electrons. The molecular weight excluding hydrogens is 674 g/mol. The number of rotatable bonds is 10. The van der Waals surface area contributed by atoms with E-state index in [1.54, 1.807) is 0 Å². The van der Waals surface area contributed by atoms with Crippen LogP contribution >= 0.6 is 17.2 Å². The fourth-order valence-electron chi connectivity index (χ4n) is 6.36. The van der Waals surface area contributed by atoms with E-state index < -0.39 is 69.7 Å². The molecule has 0 radical (unpaired) electrons. The van der Waals surface area contributed by atoms with Crippen molar-refractivity contribution < 1.29 is 44.3 Å². The normalized spacial score (nSPS) is 13.8. The molecule has 0 atom stereocenters. The van der Waals surface area contributed by atoms with Crippen LogP contribution in [0.5, 0.6) is 0 Å². The van der Waals surface area contributed by atoms with Gasteiger partial charge in [0.15, 0.2) is 0 Å². The quantitative estimate of drug-likeness (QED) is 0.113. The number of aliphatic hydroxyl groups excluding tert-OH is 3. The van der Waals surface area contributed by atoms with Crippen LogP contribution in [0, 0.1) is 5.41 Å². The molecule has 11 heteroatoms. The zero-order chi connectivity index (χ0) is 39.6. The molecular formula is C39H68O9P2. The van der Waals surface area contributed by atoms with Crippen LogP contribution in [0.4, 0.5) is 0 Å². The second-order valence-electron chi connectivity index (χ2n) is 18.3. The Morgan fingerprint density at radius 1 is 0.500 bits per heavy atom. The third-order valence-electron chi connectivity index (χ3n) is 9.43. The maximum atomic E-state index is 14.0. The van der Waals surface area contributed by atoms with Crippen LogP contribution in [0.2, 0.25) is 0 Å². The maximum absolute atomic E-state index is 14.0. The van der Waals surface area contributed by atoms with Crippen LogP contribution in [0.25, 0.3) is 0 Å². The van der Waals surface area contributed by atoms with E-state index in [0.29, 0.717) is 11.1 Å². The summed E-state index contributed by atoms with van der Waals surface area (Å²) in [4.78, 5) is 31.3. The lowest BCUT2D eigenvalue weighted by Crippen LogP contribution is -2.57. The van der Waals surface area contributed by atoms with Crippen molar-refractivity contribution in [3.63, 3.8) is 0 Å². The third-order valence-corrected chi connectivity index (χ3v) is 10.6. The van der Waals surface area contributed by atoms with E-state index in [0.717, 1.165) is 22.3 Å². The molecule has 0 heterocycles. The molecule has 0 aliphatic carbocycles. The van der Waals surface area contributed by atoms with Gasteiger partial charge in [0.05, 0.1) is 25.2 Å².